The fourth-order valence-electron chi connectivity index (χ4n) is 1.13. The van der Waals surface area contributed by atoms with E-state index in [-0.39, 0.29) is 0 Å². The number of nitrogens with zero attached hydrogens (tertiary/aromatic N) is 2. The van der Waals surface area contributed by atoms with Gasteiger partial charge in [-0.15, -0.1) is 6.58 Å². The number of aryl methyl sites for hydroxylation is 1. The Hall–Kier alpha value is -1.09. The summed E-state index contributed by atoms with van der Waals surface area (Å²) < 4.78 is 1.95. The number of nitrogens with one attached hydrogen (secondary N) is 1. The van der Waals surface area contributed by atoms with Crippen molar-refractivity contribution in [2.75, 3.05) is 13.1 Å². The molecule has 0 aliphatic rings. The Bertz CT molecular complexity index is 216. The van der Waals surface area contributed by atoms with E-state index in [0.29, 0.717) is 0 Å². The third kappa shape index (κ3) is 4.48. The molecule has 3 nitrogen and oxygen atoms in total. The molecule has 3 heteroatoms. The second-order valence-corrected chi connectivity index (χ2v) is 2.95. The average Bonchev–Trinajstić information content (AvgIpc) is 2.63. The van der Waals surface area contributed by atoms with Gasteiger partial charge in [-0.25, -0.2) is 0 Å². The third-order valence-electron chi connectivity index (χ3n) is 1.83. The van der Waals surface area contributed by atoms with E-state index in [4.69, 9.17) is 0 Å². The van der Waals surface area contributed by atoms with Gasteiger partial charge in [0, 0.05) is 18.9 Å². The molecule has 72 valence electrons. The van der Waals surface area contributed by atoms with Gasteiger partial charge in [-0.2, -0.15) is 5.10 Å². The standard InChI is InChI=1S/C10H17N3/c1-2-3-6-11-7-4-9-13-10-5-8-12-13/h2,5,8,10-11H,1,3-4,6-7,9H2. The largest absolute Gasteiger partial charge is 0.316 e. The zero-order valence-corrected chi connectivity index (χ0v) is 7.95. The highest BCUT2D eigenvalue weighted by Gasteiger charge is 1.89. The van der Waals surface area contributed by atoms with Gasteiger partial charge < -0.3 is 5.32 Å². The zero-order chi connectivity index (χ0) is 9.36. The lowest BCUT2D eigenvalue weighted by Gasteiger charge is -2.02. The van der Waals surface area contributed by atoms with Gasteiger partial charge in [0.05, 0.1) is 0 Å². The molecule has 0 saturated carbocycles. The van der Waals surface area contributed by atoms with Gasteiger partial charge in [0.1, 0.15) is 0 Å². The van der Waals surface area contributed by atoms with Crippen LogP contribution in [-0.2, 0) is 6.54 Å². The molecule has 0 spiro atoms. The maximum atomic E-state index is 4.12. The molecular weight excluding hydrogens is 162 g/mol. The lowest BCUT2D eigenvalue weighted by molar-refractivity contribution is 0.546. The van der Waals surface area contributed by atoms with Crippen molar-refractivity contribution in [3.8, 4) is 0 Å². The van der Waals surface area contributed by atoms with Crippen LogP contribution in [0, 0.1) is 0 Å². The number of aromatic nitrogens is 2. The van der Waals surface area contributed by atoms with Gasteiger partial charge in [0.2, 0.25) is 0 Å². The van der Waals surface area contributed by atoms with Gasteiger partial charge >= 0.3 is 0 Å². The maximum Gasteiger partial charge on any atom is 0.0489 e. The predicted octanol–water partition coefficient (Wildman–Crippen LogP) is 1.44. The molecule has 0 fully saturated rings. The summed E-state index contributed by atoms with van der Waals surface area (Å²) in [5.74, 6) is 0. The van der Waals surface area contributed by atoms with Gasteiger partial charge in [-0.05, 0) is 32.0 Å². The minimum Gasteiger partial charge on any atom is -0.316 e. The van der Waals surface area contributed by atoms with Crippen molar-refractivity contribution in [3.63, 3.8) is 0 Å². The van der Waals surface area contributed by atoms with Crippen LogP contribution in [0.15, 0.2) is 31.1 Å². The minimum atomic E-state index is 0.994. The Labute approximate surface area is 79.5 Å². The summed E-state index contributed by atoms with van der Waals surface area (Å²) >= 11 is 0. The molecule has 0 aliphatic heterocycles. The summed E-state index contributed by atoms with van der Waals surface area (Å²) in [5, 5.41) is 7.46. The second-order valence-electron chi connectivity index (χ2n) is 2.95. The van der Waals surface area contributed by atoms with E-state index >= 15 is 0 Å². The molecule has 0 atom stereocenters. The Morgan fingerprint density at radius 3 is 3.08 bits per heavy atom. The Kier molecular flexibility index (Phi) is 4.94. The van der Waals surface area contributed by atoms with Gasteiger partial charge in [-0.1, -0.05) is 6.08 Å². The van der Waals surface area contributed by atoms with Crippen molar-refractivity contribution < 1.29 is 0 Å². The van der Waals surface area contributed by atoms with E-state index in [9.17, 15) is 0 Å². The highest BCUT2D eigenvalue weighted by molar-refractivity contribution is 4.77. The van der Waals surface area contributed by atoms with Crippen LogP contribution in [-0.4, -0.2) is 22.9 Å². The van der Waals surface area contributed by atoms with Crippen LogP contribution in [0.1, 0.15) is 12.8 Å². The van der Waals surface area contributed by atoms with Crippen molar-refractivity contribution in [1.29, 1.82) is 0 Å². The van der Waals surface area contributed by atoms with Crippen LogP contribution in [0.4, 0.5) is 0 Å². The van der Waals surface area contributed by atoms with Crippen molar-refractivity contribution in [2.45, 2.75) is 19.4 Å². The Morgan fingerprint density at radius 2 is 2.38 bits per heavy atom. The molecule has 1 aromatic rings. The molecule has 1 heterocycles. The molecule has 13 heavy (non-hydrogen) atoms. The first kappa shape index (κ1) is 9.99. The van der Waals surface area contributed by atoms with Crippen LogP contribution in [0.2, 0.25) is 0 Å². The summed E-state index contributed by atoms with van der Waals surface area (Å²) in [6, 6.07) is 1.95. The number of hydrogen-bond donors (Lipinski definition) is 1. The van der Waals surface area contributed by atoms with E-state index in [2.05, 4.69) is 17.0 Å². The lowest BCUT2D eigenvalue weighted by Crippen LogP contribution is -2.17. The third-order valence-corrected chi connectivity index (χ3v) is 1.83. The molecule has 0 bridgehead atoms. The van der Waals surface area contributed by atoms with E-state index in [0.717, 1.165) is 32.5 Å². The Balaban J connectivity index is 1.93. The highest BCUT2D eigenvalue weighted by atomic mass is 15.3. The normalized spacial score (nSPS) is 10.2. The van der Waals surface area contributed by atoms with Crippen LogP contribution in [0.25, 0.3) is 0 Å². The first-order chi connectivity index (χ1) is 6.43. The first-order valence-corrected chi connectivity index (χ1v) is 4.72. The molecule has 1 aromatic heterocycles. The van der Waals surface area contributed by atoms with Crippen LogP contribution in [0.3, 0.4) is 0 Å². The topological polar surface area (TPSA) is 29.9 Å². The van der Waals surface area contributed by atoms with E-state index in [1.54, 1.807) is 0 Å². The van der Waals surface area contributed by atoms with Gasteiger partial charge in [-0.3, -0.25) is 4.68 Å². The van der Waals surface area contributed by atoms with Gasteiger partial charge in [0.25, 0.3) is 0 Å². The monoisotopic (exact) mass is 179 g/mol. The summed E-state index contributed by atoms with van der Waals surface area (Å²) in [6.07, 6.45) is 7.90. The smallest absolute Gasteiger partial charge is 0.0489 e. The minimum absolute atomic E-state index is 0.994. The number of rotatable bonds is 7. The highest BCUT2D eigenvalue weighted by Crippen LogP contribution is 1.87. The van der Waals surface area contributed by atoms with Crippen molar-refractivity contribution in [3.05, 3.63) is 31.1 Å². The van der Waals surface area contributed by atoms with E-state index < -0.39 is 0 Å². The molecule has 0 radical (unpaired) electrons. The van der Waals surface area contributed by atoms with Crippen molar-refractivity contribution >= 4 is 0 Å². The predicted molar refractivity (Wildman–Crippen MR) is 54.5 cm³/mol. The molecule has 0 aliphatic carbocycles. The first-order valence-electron chi connectivity index (χ1n) is 4.72. The molecule has 0 amide bonds. The summed E-state index contributed by atoms with van der Waals surface area (Å²) in [6.45, 7) is 6.74. The van der Waals surface area contributed by atoms with Crippen molar-refractivity contribution in [2.24, 2.45) is 0 Å². The van der Waals surface area contributed by atoms with E-state index in [1.807, 2.05) is 29.2 Å². The maximum absolute atomic E-state index is 4.12. The van der Waals surface area contributed by atoms with Crippen LogP contribution >= 0.6 is 0 Å². The molecule has 0 aromatic carbocycles. The van der Waals surface area contributed by atoms with Crippen LogP contribution in [0.5, 0.6) is 0 Å². The zero-order valence-electron chi connectivity index (χ0n) is 7.95. The van der Waals surface area contributed by atoms with E-state index in [1.165, 1.54) is 0 Å². The molecular formula is C10H17N3. The lowest BCUT2D eigenvalue weighted by atomic mass is 10.4. The fraction of sp³-hybridized carbons (Fsp3) is 0.500. The molecule has 0 unspecified atom stereocenters. The fourth-order valence-corrected chi connectivity index (χ4v) is 1.13. The van der Waals surface area contributed by atoms with Gasteiger partial charge in [0.15, 0.2) is 0 Å². The molecule has 1 rings (SSSR count). The quantitative estimate of drug-likeness (QED) is 0.507. The van der Waals surface area contributed by atoms with Crippen molar-refractivity contribution in [1.82, 2.24) is 15.1 Å². The summed E-state index contributed by atoms with van der Waals surface area (Å²) in [4.78, 5) is 0. The summed E-state index contributed by atoms with van der Waals surface area (Å²) in [7, 11) is 0. The number of hydrogen-bond acceptors (Lipinski definition) is 2. The summed E-state index contributed by atoms with van der Waals surface area (Å²) in [5.41, 5.74) is 0. The Morgan fingerprint density at radius 1 is 1.46 bits per heavy atom. The molecule has 0 saturated heterocycles. The second kappa shape index (κ2) is 6.43. The SMILES string of the molecule is C=CCCNCCCn1cccn1. The average molecular weight is 179 g/mol. The molecule has 1 N–H and O–H groups in total. The van der Waals surface area contributed by atoms with Crippen LogP contribution < -0.4 is 5.32 Å².